The van der Waals surface area contributed by atoms with Crippen molar-refractivity contribution >= 4 is 46.3 Å². The Morgan fingerprint density at radius 1 is 1.07 bits per heavy atom. The molecule has 2 N–H and O–H groups in total. The van der Waals surface area contributed by atoms with Gasteiger partial charge in [0, 0.05) is 18.7 Å². The van der Waals surface area contributed by atoms with Gasteiger partial charge in [0.05, 0.1) is 16.3 Å². The maximum atomic E-state index is 11.8. The number of nitrogens with one attached hydrogen (secondary N) is 1. The summed E-state index contributed by atoms with van der Waals surface area (Å²) in [4.78, 5) is 28.0. The fraction of sp³-hybridized carbons (Fsp3) is 0.364. The van der Waals surface area contributed by atoms with Crippen LogP contribution in [0.4, 0.5) is 4.79 Å². The van der Waals surface area contributed by atoms with Gasteiger partial charge in [0.15, 0.2) is 0 Å². The molecule has 0 radical (unpaired) electrons. The maximum absolute atomic E-state index is 11.8. The number of carbonyl (C=O) groups excluding carboxylic acids is 2. The van der Waals surface area contributed by atoms with Crippen LogP contribution < -0.4 is 19.5 Å². The van der Waals surface area contributed by atoms with Crippen LogP contribution in [0.2, 0.25) is 0 Å². The topological polar surface area (TPSA) is 112 Å². The summed E-state index contributed by atoms with van der Waals surface area (Å²) in [5, 5.41) is 12.1. The van der Waals surface area contributed by atoms with Gasteiger partial charge in [-0.1, -0.05) is 23.9 Å². The molecule has 2 amide bonds. The van der Waals surface area contributed by atoms with Gasteiger partial charge in [0.1, 0.15) is 47.6 Å². The van der Waals surface area contributed by atoms with Gasteiger partial charge in [-0.05, 0) is 93.5 Å². The molecule has 2 unspecified atom stereocenters. The number of benzene rings is 3. The first-order valence-corrected chi connectivity index (χ1v) is 15.2. The number of amides is 2. The molecule has 2 aliphatic rings. The van der Waals surface area contributed by atoms with Crippen molar-refractivity contribution in [1.29, 1.82) is 0 Å². The number of hydrogen-bond donors (Lipinski definition) is 2. The lowest BCUT2D eigenvalue weighted by atomic mass is 9.87. The number of thioether (sulfide) groups is 1. The normalized spacial score (nSPS) is 19.2. The number of imidazole rings is 1. The number of aryl methyl sites for hydroxylation is 1. The van der Waals surface area contributed by atoms with Crippen LogP contribution in [0, 0.1) is 20.8 Å². The van der Waals surface area contributed by atoms with Crippen molar-refractivity contribution in [1.82, 2.24) is 14.9 Å². The van der Waals surface area contributed by atoms with Gasteiger partial charge in [0.2, 0.25) is 5.91 Å². The van der Waals surface area contributed by atoms with E-state index in [9.17, 15) is 14.7 Å². The number of phenols is 1. The van der Waals surface area contributed by atoms with Crippen molar-refractivity contribution < 1.29 is 28.9 Å². The standard InChI is InChI=1S/C33H35N3O6S.ClH/c1-18-19(2)30-24(20(3)29(18)37)12-13-33(4,42-30)17-41-23-10-11-25-26(15-23)36(5)28(34-25)16-40-22-8-6-21(7-9-22)14-27-31(38)35-32(39)43-27;/h6-11,15,27,37H,12-14,16-17H2,1-5H3,(H,35,38,39);1H. The number of rotatable bonds is 8. The summed E-state index contributed by atoms with van der Waals surface area (Å²) < 4.78 is 20.8. The number of halogens is 1. The first kappa shape index (κ1) is 31.5. The molecule has 44 heavy (non-hydrogen) atoms. The molecular formula is C33H36ClN3O6S. The summed E-state index contributed by atoms with van der Waals surface area (Å²) in [5.74, 6) is 3.19. The molecule has 2 atom stereocenters. The summed E-state index contributed by atoms with van der Waals surface area (Å²) in [6.07, 6.45) is 2.09. The minimum atomic E-state index is -0.497. The average molecular weight is 638 g/mol. The highest BCUT2D eigenvalue weighted by atomic mass is 35.5. The average Bonchev–Trinajstić information content (AvgIpc) is 3.49. The van der Waals surface area contributed by atoms with Gasteiger partial charge in [0.25, 0.3) is 5.24 Å². The molecular weight excluding hydrogens is 602 g/mol. The molecule has 0 bridgehead atoms. The van der Waals surface area contributed by atoms with E-state index < -0.39 is 10.9 Å². The summed E-state index contributed by atoms with van der Waals surface area (Å²) in [6, 6.07) is 13.4. The van der Waals surface area contributed by atoms with E-state index in [0.29, 0.717) is 24.5 Å². The number of imide groups is 1. The van der Waals surface area contributed by atoms with Gasteiger partial charge in [-0.3, -0.25) is 14.9 Å². The molecule has 3 heterocycles. The van der Waals surface area contributed by atoms with Crippen molar-refractivity contribution in [2.45, 2.75) is 64.4 Å². The Morgan fingerprint density at radius 2 is 1.80 bits per heavy atom. The maximum Gasteiger partial charge on any atom is 0.286 e. The first-order chi connectivity index (χ1) is 20.5. The Hall–Kier alpha value is -3.89. The molecule has 11 heteroatoms. The van der Waals surface area contributed by atoms with Crippen molar-refractivity contribution in [2.24, 2.45) is 7.05 Å². The highest BCUT2D eigenvalue weighted by Gasteiger charge is 2.35. The van der Waals surface area contributed by atoms with Gasteiger partial charge < -0.3 is 23.9 Å². The third-order valence-electron chi connectivity index (χ3n) is 8.56. The second kappa shape index (κ2) is 12.2. The van der Waals surface area contributed by atoms with E-state index in [-0.39, 0.29) is 30.2 Å². The third-order valence-corrected chi connectivity index (χ3v) is 9.54. The molecule has 0 spiro atoms. The molecule has 2 aliphatic heterocycles. The lowest BCUT2D eigenvalue weighted by Gasteiger charge is -2.37. The van der Waals surface area contributed by atoms with Crippen LogP contribution >= 0.6 is 24.2 Å². The highest BCUT2D eigenvalue weighted by Crippen LogP contribution is 2.43. The van der Waals surface area contributed by atoms with Crippen LogP contribution in [0.1, 0.15) is 47.0 Å². The summed E-state index contributed by atoms with van der Waals surface area (Å²) in [7, 11) is 1.96. The SMILES string of the molecule is Cc1c(C)c2c(c(C)c1O)CCC(C)(COc1ccc3nc(COc4ccc(CC5SC(=O)NC5=O)cc4)n(C)c3c1)O2.Cl. The minimum Gasteiger partial charge on any atom is -0.507 e. The highest BCUT2D eigenvalue weighted by molar-refractivity contribution is 8.15. The molecule has 1 saturated heterocycles. The molecule has 4 aromatic rings. The Bertz CT molecular complexity index is 1760. The zero-order valence-corrected chi connectivity index (χ0v) is 27.0. The number of aromatic nitrogens is 2. The number of ether oxygens (including phenoxy) is 3. The fourth-order valence-corrected chi connectivity index (χ4v) is 6.54. The number of carbonyl (C=O) groups is 2. The van der Waals surface area contributed by atoms with E-state index in [1.165, 1.54) is 0 Å². The molecule has 6 rings (SSSR count). The quantitative estimate of drug-likeness (QED) is 0.233. The fourth-order valence-electron chi connectivity index (χ4n) is 5.68. The largest absolute Gasteiger partial charge is 0.507 e. The molecule has 0 saturated carbocycles. The Morgan fingerprint density at radius 3 is 2.50 bits per heavy atom. The van der Waals surface area contributed by atoms with Gasteiger partial charge in [-0.25, -0.2) is 4.98 Å². The van der Waals surface area contributed by atoms with E-state index in [1.807, 2.05) is 74.9 Å². The molecule has 1 aromatic heterocycles. The summed E-state index contributed by atoms with van der Waals surface area (Å²) in [6.45, 7) is 8.62. The summed E-state index contributed by atoms with van der Waals surface area (Å²) >= 11 is 1.03. The van der Waals surface area contributed by atoms with Crippen LogP contribution in [0.3, 0.4) is 0 Å². The van der Waals surface area contributed by atoms with Crippen molar-refractivity contribution in [3.8, 4) is 23.0 Å². The second-order valence-corrected chi connectivity index (χ2v) is 12.8. The van der Waals surface area contributed by atoms with Gasteiger partial charge in [-0.15, -0.1) is 12.4 Å². The third kappa shape index (κ3) is 6.05. The first-order valence-electron chi connectivity index (χ1n) is 14.3. The van der Waals surface area contributed by atoms with Gasteiger partial charge >= 0.3 is 0 Å². The number of aromatic hydroxyl groups is 1. The van der Waals surface area contributed by atoms with Gasteiger partial charge in [-0.2, -0.15) is 0 Å². The van der Waals surface area contributed by atoms with E-state index in [2.05, 4.69) is 12.2 Å². The van der Waals surface area contributed by atoms with Crippen molar-refractivity contribution in [3.63, 3.8) is 0 Å². The number of hydrogen-bond acceptors (Lipinski definition) is 8. The van der Waals surface area contributed by atoms with Crippen molar-refractivity contribution in [2.75, 3.05) is 6.61 Å². The Kier molecular flexibility index (Phi) is 8.77. The van der Waals surface area contributed by atoms with E-state index in [0.717, 1.165) is 80.8 Å². The predicted octanol–water partition coefficient (Wildman–Crippen LogP) is 6.26. The van der Waals surface area contributed by atoms with Crippen molar-refractivity contribution in [3.05, 3.63) is 76.1 Å². The van der Waals surface area contributed by atoms with Crippen LogP contribution in [0.15, 0.2) is 42.5 Å². The smallest absolute Gasteiger partial charge is 0.286 e. The number of fused-ring (bicyclic) bond motifs is 2. The van der Waals surface area contributed by atoms with Crippen LogP contribution in [-0.2, 0) is 31.3 Å². The van der Waals surface area contributed by atoms with Crippen LogP contribution in [0.5, 0.6) is 23.0 Å². The van der Waals surface area contributed by atoms with Crippen LogP contribution in [0.25, 0.3) is 11.0 Å². The van der Waals surface area contributed by atoms with E-state index >= 15 is 0 Å². The zero-order valence-electron chi connectivity index (χ0n) is 25.4. The Balaban J connectivity index is 0.00000384. The summed E-state index contributed by atoms with van der Waals surface area (Å²) in [5.41, 5.74) is 6.05. The molecule has 1 fully saturated rings. The van der Waals surface area contributed by atoms with E-state index in [1.54, 1.807) is 0 Å². The molecule has 9 nitrogen and oxygen atoms in total. The van der Waals surface area contributed by atoms with Crippen LogP contribution in [-0.4, -0.2) is 43.3 Å². The monoisotopic (exact) mass is 637 g/mol. The number of nitrogens with zero attached hydrogens (tertiary/aromatic N) is 2. The lowest BCUT2D eigenvalue weighted by molar-refractivity contribution is -0.118. The zero-order chi connectivity index (χ0) is 30.5. The molecule has 3 aromatic carbocycles. The minimum absolute atomic E-state index is 0. The lowest BCUT2D eigenvalue weighted by Crippen LogP contribution is -2.42. The second-order valence-electron chi connectivity index (χ2n) is 11.6. The molecule has 0 aliphatic carbocycles. The molecule has 232 valence electrons. The Labute approximate surface area is 266 Å². The number of phenolic OH excluding ortho intramolecular Hbond substituents is 1. The predicted molar refractivity (Wildman–Crippen MR) is 173 cm³/mol. The van der Waals surface area contributed by atoms with E-state index in [4.69, 9.17) is 19.2 Å².